The summed E-state index contributed by atoms with van der Waals surface area (Å²) in [5.74, 6) is 3.26. The van der Waals surface area contributed by atoms with Gasteiger partial charge in [0.25, 0.3) is 0 Å². The lowest BCUT2D eigenvalue weighted by atomic mass is 10.2. The van der Waals surface area contributed by atoms with Crippen LogP contribution in [-0.2, 0) is 17.9 Å². The van der Waals surface area contributed by atoms with Crippen LogP contribution in [0.4, 0.5) is 0 Å². The molecule has 0 amide bonds. The second-order valence-corrected chi connectivity index (χ2v) is 4.42. The van der Waals surface area contributed by atoms with E-state index in [1.165, 1.54) is 5.56 Å². The Balaban J connectivity index is 1.80. The first kappa shape index (κ1) is 11.2. The molecule has 0 unspecified atom stereocenters. The summed E-state index contributed by atoms with van der Waals surface area (Å²) in [6.45, 7) is 2.02. The van der Waals surface area contributed by atoms with Crippen molar-refractivity contribution in [2.24, 2.45) is 0 Å². The van der Waals surface area contributed by atoms with Gasteiger partial charge in [-0.2, -0.15) is 4.98 Å². The maximum Gasteiger partial charge on any atom is 0.236 e. The van der Waals surface area contributed by atoms with Gasteiger partial charge in [0.2, 0.25) is 5.89 Å². The number of aryl methyl sites for hydroxylation is 1. The molecule has 2 rings (SSSR count). The zero-order valence-electron chi connectivity index (χ0n) is 9.22. The van der Waals surface area contributed by atoms with Crippen molar-refractivity contribution < 1.29 is 4.52 Å². The molecule has 2 aromatic rings. The van der Waals surface area contributed by atoms with Crippen molar-refractivity contribution in [2.75, 3.05) is 0 Å². The van der Waals surface area contributed by atoms with Gasteiger partial charge in [0.15, 0.2) is 5.82 Å². The Bertz CT molecular complexity index is 428. The average Bonchev–Trinajstić information content (AvgIpc) is 2.78. The molecule has 0 aliphatic carbocycles. The molecule has 3 nitrogen and oxygen atoms in total. The molecule has 0 aliphatic heterocycles. The van der Waals surface area contributed by atoms with E-state index in [0.29, 0.717) is 0 Å². The molecule has 1 aromatic carbocycles. The minimum Gasteiger partial charge on any atom is -0.338 e. The van der Waals surface area contributed by atoms with E-state index in [1.54, 1.807) is 11.8 Å². The number of benzene rings is 1. The predicted molar refractivity (Wildman–Crippen MR) is 65.1 cm³/mol. The molecule has 0 fully saturated rings. The molecular weight excluding hydrogens is 220 g/mol. The third-order valence-corrected chi connectivity index (χ3v) is 3.15. The van der Waals surface area contributed by atoms with Crippen molar-refractivity contribution in [3.05, 3.63) is 47.6 Å². The third kappa shape index (κ3) is 3.10. The van der Waals surface area contributed by atoms with Crippen LogP contribution in [0.3, 0.4) is 0 Å². The first-order valence-corrected chi connectivity index (χ1v) is 6.47. The second-order valence-electron chi connectivity index (χ2n) is 3.44. The van der Waals surface area contributed by atoms with Gasteiger partial charge >= 0.3 is 0 Å². The molecule has 0 spiro atoms. The van der Waals surface area contributed by atoms with Crippen LogP contribution in [0.15, 0.2) is 34.9 Å². The van der Waals surface area contributed by atoms with Crippen molar-refractivity contribution >= 4 is 11.8 Å². The van der Waals surface area contributed by atoms with E-state index < -0.39 is 0 Å². The lowest BCUT2D eigenvalue weighted by molar-refractivity contribution is 0.385. The van der Waals surface area contributed by atoms with Crippen LogP contribution in [0.5, 0.6) is 0 Å². The highest BCUT2D eigenvalue weighted by Crippen LogP contribution is 2.16. The topological polar surface area (TPSA) is 38.9 Å². The van der Waals surface area contributed by atoms with E-state index in [4.69, 9.17) is 4.52 Å². The fourth-order valence-electron chi connectivity index (χ4n) is 1.32. The van der Waals surface area contributed by atoms with Gasteiger partial charge in [-0.05, 0) is 5.56 Å². The molecule has 0 saturated heterocycles. The lowest BCUT2D eigenvalue weighted by Crippen LogP contribution is -1.85. The number of nitrogens with zero attached hydrogens (tertiary/aromatic N) is 2. The molecule has 1 heterocycles. The van der Waals surface area contributed by atoms with Gasteiger partial charge in [0.1, 0.15) is 0 Å². The summed E-state index contributed by atoms with van der Waals surface area (Å²) < 4.78 is 5.11. The Labute approximate surface area is 99.3 Å². The molecule has 4 heteroatoms. The number of rotatable bonds is 5. The van der Waals surface area contributed by atoms with E-state index in [-0.39, 0.29) is 0 Å². The number of hydrogen-bond acceptors (Lipinski definition) is 4. The summed E-state index contributed by atoms with van der Waals surface area (Å²) in [6.07, 6.45) is 0.826. The normalized spacial score (nSPS) is 10.6. The molecule has 0 bridgehead atoms. The van der Waals surface area contributed by atoms with Crippen molar-refractivity contribution in [1.82, 2.24) is 10.1 Å². The van der Waals surface area contributed by atoms with Gasteiger partial charge in [-0.25, -0.2) is 0 Å². The van der Waals surface area contributed by atoms with Crippen molar-refractivity contribution in [3.63, 3.8) is 0 Å². The van der Waals surface area contributed by atoms with Gasteiger partial charge in [0, 0.05) is 12.2 Å². The predicted octanol–water partition coefficient (Wildman–Crippen LogP) is 3.07. The highest BCUT2D eigenvalue weighted by atomic mass is 32.2. The maximum absolute atomic E-state index is 5.11. The van der Waals surface area contributed by atoms with E-state index in [1.807, 2.05) is 13.0 Å². The number of hydrogen-bond donors (Lipinski definition) is 0. The number of aromatic nitrogens is 2. The summed E-state index contributed by atoms with van der Waals surface area (Å²) in [6, 6.07) is 10.4. The lowest BCUT2D eigenvalue weighted by Gasteiger charge is -1.98. The Kier molecular flexibility index (Phi) is 3.99. The van der Waals surface area contributed by atoms with E-state index in [9.17, 15) is 0 Å². The van der Waals surface area contributed by atoms with Crippen molar-refractivity contribution in [3.8, 4) is 0 Å². The summed E-state index contributed by atoms with van der Waals surface area (Å²) in [7, 11) is 0. The van der Waals surface area contributed by atoms with Crippen LogP contribution in [-0.4, -0.2) is 10.1 Å². The third-order valence-electron chi connectivity index (χ3n) is 2.16. The van der Waals surface area contributed by atoms with Crippen LogP contribution in [0.25, 0.3) is 0 Å². The van der Waals surface area contributed by atoms with Crippen LogP contribution in [0, 0.1) is 0 Å². The Hall–Kier alpha value is -1.29. The van der Waals surface area contributed by atoms with Gasteiger partial charge in [-0.3, -0.25) is 0 Å². The summed E-state index contributed by atoms with van der Waals surface area (Å²) in [5, 5.41) is 3.86. The summed E-state index contributed by atoms with van der Waals surface area (Å²) in [4.78, 5) is 4.26. The Morgan fingerprint density at radius 3 is 2.69 bits per heavy atom. The Morgan fingerprint density at radius 1 is 1.19 bits per heavy atom. The first-order valence-electron chi connectivity index (χ1n) is 5.31. The number of thioether (sulfide) groups is 1. The zero-order chi connectivity index (χ0) is 11.2. The van der Waals surface area contributed by atoms with Crippen LogP contribution >= 0.6 is 11.8 Å². The zero-order valence-corrected chi connectivity index (χ0v) is 10.0. The molecule has 0 N–H and O–H groups in total. The smallest absolute Gasteiger partial charge is 0.236 e. The van der Waals surface area contributed by atoms with Gasteiger partial charge in [0.05, 0.1) is 5.75 Å². The minimum atomic E-state index is 0.720. The largest absolute Gasteiger partial charge is 0.338 e. The van der Waals surface area contributed by atoms with Crippen LogP contribution in [0.2, 0.25) is 0 Å². The van der Waals surface area contributed by atoms with Crippen molar-refractivity contribution in [1.29, 1.82) is 0 Å². The highest BCUT2D eigenvalue weighted by molar-refractivity contribution is 7.97. The van der Waals surface area contributed by atoms with Gasteiger partial charge in [-0.1, -0.05) is 42.4 Å². The van der Waals surface area contributed by atoms with E-state index in [0.717, 1.165) is 29.6 Å². The first-order chi connectivity index (χ1) is 7.88. The SMILES string of the molecule is CCc1noc(CSCc2ccccc2)n1. The molecule has 84 valence electrons. The monoisotopic (exact) mass is 234 g/mol. The second kappa shape index (κ2) is 5.70. The summed E-state index contributed by atoms with van der Waals surface area (Å²) in [5.41, 5.74) is 1.32. The molecule has 16 heavy (non-hydrogen) atoms. The Morgan fingerprint density at radius 2 is 2.00 bits per heavy atom. The minimum absolute atomic E-state index is 0.720. The quantitative estimate of drug-likeness (QED) is 0.797. The van der Waals surface area contributed by atoms with E-state index >= 15 is 0 Å². The fourth-order valence-corrected chi connectivity index (χ4v) is 2.14. The molecule has 1 aromatic heterocycles. The van der Waals surface area contributed by atoms with E-state index in [2.05, 4.69) is 34.4 Å². The molecule has 0 saturated carbocycles. The molecular formula is C12H14N2OS. The molecule has 0 atom stereocenters. The highest BCUT2D eigenvalue weighted by Gasteiger charge is 2.04. The average molecular weight is 234 g/mol. The fraction of sp³-hybridized carbons (Fsp3) is 0.333. The molecule has 0 aliphatic rings. The molecule has 0 radical (unpaired) electrons. The summed E-state index contributed by atoms with van der Waals surface area (Å²) >= 11 is 1.79. The van der Waals surface area contributed by atoms with Gasteiger partial charge in [-0.15, -0.1) is 11.8 Å². The maximum atomic E-state index is 5.11. The van der Waals surface area contributed by atoms with Crippen LogP contribution in [0.1, 0.15) is 24.2 Å². The van der Waals surface area contributed by atoms with Crippen LogP contribution < -0.4 is 0 Å². The standard InChI is InChI=1S/C12H14N2OS/c1-2-11-13-12(15-14-11)9-16-8-10-6-4-3-5-7-10/h3-7H,2,8-9H2,1H3. The van der Waals surface area contributed by atoms with Crippen molar-refractivity contribution in [2.45, 2.75) is 24.9 Å². The van der Waals surface area contributed by atoms with Gasteiger partial charge < -0.3 is 4.52 Å².